The smallest absolute Gasteiger partial charge is 0.322 e. The summed E-state index contributed by atoms with van der Waals surface area (Å²) in [7, 11) is 4.41. The Bertz CT molecular complexity index is 1030. The summed E-state index contributed by atoms with van der Waals surface area (Å²) in [6.07, 6.45) is 21.5. The van der Waals surface area contributed by atoms with Gasteiger partial charge in [-0.05, 0) is 63.8 Å². The summed E-state index contributed by atoms with van der Waals surface area (Å²) in [6, 6.07) is -0.0465. The average Bonchev–Trinajstić information content (AvgIpc) is 3.16. The second-order valence-electron chi connectivity index (χ2n) is 10.1. The first-order chi connectivity index (χ1) is 15.9. The number of dihydropyridines is 1. The van der Waals surface area contributed by atoms with Gasteiger partial charge < -0.3 is 10.6 Å². The van der Waals surface area contributed by atoms with E-state index >= 15 is 0 Å². The van der Waals surface area contributed by atoms with Crippen molar-refractivity contribution in [3.05, 3.63) is 60.2 Å². The molecule has 1 aromatic rings. The molecule has 7 nitrogen and oxygen atoms in total. The summed E-state index contributed by atoms with van der Waals surface area (Å²) >= 11 is 0. The van der Waals surface area contributed by atoms with Crippen LogP contribution in [0.5, 0.6) is 0 Å². The Kier molecular flexibility index (Phi) is 5.60. The summed E-state index contributed by atoms with van der Waals surface area (Å²) < 4.78 is 0. The molecule has 2 aliphatic carbocycles. The van der Waals surface area contributed by atoms with Crippen LogP contribution in [0.2, 0.25) is 0 Å². The van der Waals surface area contributed by atoms with E-state index in [1.807, 2.05) is 18.2 Å². The molecule has 4 aliphatic rings. The van der Waals surface area contributed by atoms with Gasteiger partial charge in [0.2, 0.25) is 0 Å². The number of hydrogen-bond donors (Lipinski definition) is 2. The van der Waals surface area contributed by atoms with Gasteiger partial charge in [0.25, 0.3) is 0 Å². The van der Waals surface area contributed by atoms with E-state index in [-0.39, 0.29) is 17.1 Å². The molecule has 1 spiro atoms. The van der Waals surface area contributed by atoms with E-state index in [0.717, 1.165) is 50.0 Å². The van der Waals surface area contributed by atoms with E-state index in [2.05, 4.69) is 64.7 Å². The van der Waals surface area contributed by atoms with E-state index < -0.39 is 0 Å². The highest BCUT2D eigenvalue weighted by molar-refractivity contribution is 5.95. The lowest BCUT2D eigenvalue weighted by atomic mass is 9.65. The molecule has 2 fully saturated rings. The van der Waals surface area contributed by atoms with Gasteiger partial charge in [0.15, 0.2) is 5.82 Å². The number of rotatable bonds is 4. The molecule has 1 saturated heterocycles. The molecule has 0 bridgehead atoms. The minimum Gasteiger partial charge on any atom is -0.379 e. The second-order valence-corrected chi connectivity index (χ2v) is 10.1. The number of nitrogens with zero attached hydrogens (tertiary/aromatic N) is 4. The zero-order valence-corrected chi connectivity index (χ0v) is 19.8. The maximum Gasteiger partial charge on any atom is 0.322 e. The summed E-state index contributed by atoms with van der Waals surface area (Å²) in [5, 5.41) is 6.60. The Morgan fingerprint density at radius 1 is 1.06 bits per heavy atom. The lowest BCUT2D eigenvalue weighted by molar-refractivity contribution is 0.0902. The number of nitrogens with one attached hydrogen (secondary N) is 2. The van der Waals surface area contributed by atoms with Crippen molar-refractivity contribution in [2.75, 3.05) is 32.1 Å². The lowest BCUT2D eigenvalue weighted by Gasteiger charge is -2.51. The number of carbonyl (C=O) groups excluding carboxylic acids is 1. The van der Waals surface area contributed by atoms with Gasteiger partial charge in [-0.2, -0.15) is 0 Å². The van der Waals surface area contributed by atoms with Crippen LogP contribution < -0.4 is 15.5 Å². The summed E-state index contributed by atoms with van der Waals surface area (Å²) in [5.74, 6) is 1.20. The quantitative estimate of drug-likeness (QED) is 0.739. The Morgan fingerprint density at radius 2 is 1.79 bits per heavy atom. The Balaban J connectivity index is 1.31. The Labute approximate surface area is 196 Å². The van der Waals surface area contributed by atoms with Crippen LogP contribution in [-0.4, -0.2) is 59.2 Å². The SMILES string of the molecule is CC1CC=CC=C1[C@]1(N(C)C)CC[C@@]2(CC1)CN(c1cnc(C3=CC=CCN3)nc1)C(=O)N2. The molecule has 2 N–H and O–H groups in total. The number of likely N-dealkylation sites (N-methyl/N-ethyl adjacent to an activating group) is 1. The fraction of sp³-hybridized carbons (Fsp3) is 0.500. The third-order valence-electron chi connectivity index (χ3n) is 7.94. The van der Waals surface area contributed by atoms with Gasteiger partial charge in [0.1, 0.15) is 0 Å². The highest BCUT2D eigenvalue weighted by atomic mass is 16.2. The van der Waals surface area contributed by atoms with Crippen molar-refractivity contribution < 1.29 is 4.79 Å². The van der Waals surface area contributed by atoms with E-state index in [1.165, 1.54) is 5.57 Å². The van der Waals surface area contributed by atoms with Crippen LogP contribution in [-0.2, 0) is 0 Å². The standard InChI is InChI=1S/C26H34N6O/c1-19-8-4-5-9-21(19)26(31(2)3)13-11-25(12-14-26)18-32(24(33)30-25)20-16-28-23(29-17-20)22-10-6-7-15-27-22/h4-7,9-10,16-17,19,27H,8,11-15,18H2,1-3H3,(H,30,33)/t19?,25-,26+. The summed E-state index contributed by atoms with van der Waals surface area (Å²) in [4.78, 5) is 26.2. The third kappa shape index (κ3) is 3.88. The van der Waals surface area contributed by atoms with Crippen LogP contribution >= 0.6 is 0 Å². The van der Waals surface area contributed by atoms with Crippen molar-refractivity contribution in [2.45, 2.75) is 50.1 Å². The number of carbonyl (C=O) groups is 1. The molecule has 0 aromatic carbocycles. The van der Waals surface area contributed by atoms with Crippen LogP contribution in [0, 0.1) is 5.92 Å². The fourth-order valence-electron chi connectivity index (χ4n) is 5.91. The number of anilines is 1. The molecule has 33 heavy (non-hydrogen) atoms. The molecule has 7 heteroatoms. The van der Waals surface area contributed by atoms with Gasteiger partial charge in [-0.15, -0.1) is 0 Å². The minimum atomic E-state index is -0.193. The number of amides is 2. The lowest BCUT2D eigenvalue weighted by Crippen LogP contribution is -2.57. The zero-order chi connectivity index (χ0) is 23.1. The topological polar surface area (TPSA) is 73.4 Å². The van der Waals surface area contributed by atoms with Crippen molar-refractivity contribution in [2.24, 2.45) is 5.92 Å². The predicted molar refractivity (Wildman–Crippen MR) is 132 cm³/mol. The molecule has 174 valence electrons. The zero-order valence-electron chi connectivity index (χ0n) is 19.8. The van der Waals surface area contributed by atoms with Gasteiger partial charge in [0.05, 0.1) is 35.9 Å². The van der Waals surface area contributed by atoms with Crippen LogP contribution in [0.1, 0.15) is 44.9 Å². The number of hydrogen-bond acceptors (Lipinski definition) is 5. The molecular formula is C26H34N6O. The van der Waals surface area contributed by atoms with Crippen molar-refractivity contribution in [3.8, 4) is 0 Å². The molecule has 1 saturated carbocycles. The maximum absolute atomic E-state index is 13.0. The molecule has 2 aliphatic heterocycles. The van der Waals surface area contributed by atoms with Crippen molar-refractivity contribution in [3.63, 3.8) is 0 Å². The van der Waals surface area contributed by atoms with E-state index in [4.69, 9.17) is 0 Å². The second kappa shape index (κ2) is 8.45. The van der Waals surface area contributed by atoms with Gasteiger partial charge in [-0.25, -0.2) is 14.8 Å². The number of urea groups is 1. The Morgan fingerprint density at radius 3 is 2.42 bits per heavy atom. The molecular weight excluding hydrogens is 412 g/mol. The molecule has 3 heterocycles. The first kappa shape index (κ1) is 21.9. The highest BCUT2D eigenvalue weighted by Crippen LogP contribution is 2.47. The fourth-order valence-corrected chi connectivity index (χ4v) is 5.91. The maximum atomic E-state index is 13.0. The van der Waals surface area contributed by atoms with E-state index in [1.54, 1.807) is 17.3 Å². The average molecular weight is 447 g/mol. The number of allylic oxidation sites excluding steroid dienone is 5. The minimum absolute atomic E-state index is 0.0465. The molecule has 2 amide bonds. The van der Waals surface area contributed by atoms with Gasteiger partial charge >= 0.3 is 6.03 Å². The first-order valence-electron chi connectivity index (χ1n) is 12.0. The summed E-state index contributed by atoms with van der Waals surface area (Å²) in [6.45, 7) is 3.77. The molecule has 5 rings (SSSR count). The van der Waals surface area contributed by atoms with Gasteiger partial charge in [-0.1, -0.05) is 37.3 Å². The van der Waals surface area contributed by atoms with Crippen molar-refractivity contribution in [1.29, 1.82) is 0 Å². The van der Waals surface area contributed by atoms with Gasteiger partial charge in [-0.3, -0.25) is 9.80 Å². The third-order valence-corrected chi connectivity index (χ3v) is 7.94. The normalized spacial score (nSPS) is 31.5. The number of aromatic nitrogens is 2. The first-order valence-corrected chi connectivity index (χ1v) is 12.0. The van der Waals surface area contributed by atoms with E-state index in [9.17, 15) is 4.79 Å². The monoisotopic (exact) mass is 446 g/mol. The van der Waals surface area contributed by atoms with Crippen molar-refractivity contribution in [1.82, 2.24) is 25.5 Å². The van der Waals surface area contributed by atoms with Crippen molar-refractivity contribution >= 4 is 17.4 Å². The van der Waals surface area contributed by atoms with Crippen LogP contribution in [0.15, 0.2) is 54.4 Å². The molecule has 1 unspecified atom stereocenters. The highest BCUT2D eigenvalue weighted by Gasteiger charge is 2.51. The largest absolute Gasteiger partial charge is 0.379 e. The van der Waals surface area contributed by atoms with Gasteiger partial charge in [0, 0.05) is 12.1 Å². The molecule has 1 aromatic heterocycles. The Hall–Kier alpha value is -2.93. The summed E-state index contributed by atoms with van der Waals surface area (Å²) in [5.41, 5.74) is 3.06. The molecule has 1 atom stereocenters. The van der Waals surface area contributed by atoms with Crippen LogP contribution in [0.3, 0.4) is 0 Å². The van der Waals surface area contributed by atoms with Crippen LogP contribution in [0.4, 0.5) is 10.5 Å². The predicted octanol–water partition coefficient (Wildman–Crippen LogP) is 3.64. The van der Waals surface area contributed by atoms with E-state index in [0.29, 0.717) is 18.3 Å². The molecule has 0 radical (unpaired) electrons. The van der Waals surface area contributed by atoms with Crippen LogP contribution in [0.25, 0.3) is 5.70 Å².